The molecule has 0 bridgehead atoms. The van der Waals surface area contributed by atoms with Gasteiger partial charge < -0.3 is 15.0 Å². The Balaban J connectivity index is 1.74. The van der Waals surface area contributed by atoms with Crippen LogP contribution in [0.3, 0.4) is 0 Å². The number of hydrogen-bond donors (Lipinski definition) is 2. The van der Waals surface area contributed by atoms with Crippen molar-refractivity contribution < 1.29 is 4.74 Å². The fourth-order valence-electron chi connectivity index (χ4n) is 2.46. The number of H-pyrrole nitrogens is 1. The summed E-state index contributed by atoms with van der Waals surface area (Å²) in [5, 5.41) is 3.44. The zero-order chi connectivity index (χ0) is 13.1. The second-order valence-electron chi connectivity index (χ2n) is 4.99. The summed E-state index contributed by atoms with van der Waals surface area (Å²) in [5.74, 6) is 1.02. The Labute approximate surface area is 113 Å². The fraction of sp³-hybridized carbons (Fsp3) is 0.400. The van der Waals surface area contributed by atoms with Gasteiger partial charge in [0.1, 0.15) is 5.82 Å². The monoisotopic (exact) mass is 257 g/mol. The highest BCUT2D eigenvalue weighted by molar-refractivity contribution is 5.62. The molecule has 0 radical (unpaired) electrons. The molecule has 2 aromatic rings. The summed E-state index contributed by atoms with van der Waals surface area (Å²) in [4.78, 5) is 7.89. The highest BCUT2D eigenvalue weighted by Crippen LogP contribution is 2.21. The van der Waals surface area contributed by atoms with Gasteiger partial charge in [-0.2, -0.15) is 0 Å². The maximum absolute atomic E-state index is 5.46. The lowest BCUT2D eigenvalue weighted by molar-refractivity contribution is 0.0764. The molecule has 0 amide bonds. The number of benzene rings is 1. The van der Waals surface area contributed by atoms with E-state index in [1.54, 1.807) is 0 Å². The molecule has 4 nitrogen and oxygen atoms in total. The summed E-state index contributed by atoms with van der Waals surface area (Å²) in [6.07, 6.45) is 2.80. The summed E-state index contributed by atoms with van der Waals surface area (Å²) in [6.45, 7) is 4.62. The highest BCUT2D eigenvalue weighted by Gasteiger charge is 2.15. The summed E-state index contributed by atoms with van der Waals surface area (Å²) in [7, 11) is 0. The van der Waals surface area contributed by atoms with E-state index in [2.05, 4.69) is 46.5 Å². The minimum atomic E-state index is 0.365. The molecule has 2 heterocycles. The van der Waals surface area contributed by atoms with E-state index in [0.29, 0.717) is 6.04 Å². The van der Waals surface area contributed by atoms with E-state index in [9.17, 15) is 0 Å². The average molecular weight is 257 g/mol. The van der Waals surface area contributed by atoms with E-state index in [-0.39, 0.29) is 0 Å². The molecule has 1 aliphatic rings. The van der Waals surface area contributed by atoms with Crippen LogP contribution in [-0.2, 0) is 11.2 Å². The predicted octanol–water partition coefficient (Wildman–Crippen LogP) is 1.92. The number of aromatic nitrogens is 2. The molecule has 1 atom stereocenters. The second kappa shape index (κ2) is 5.55. The molecule has 1 fully saturated rings. The number of nitrogens with one attached hydrogen (secondary N) is 2. The quantitative estimate of drug-likeness (QED) is 0.883. The van der Waals surface area contributed by atoms with Gasteiger partial charge in [-0.25, -0.2) is 4.98 Å². The van der Waals surface area contributed by atoms with E-state index in [4.69, 9.17) is 4.74 Å². The third-order valence-electron chi connectivity index (χ3n) is 3.50. The van der Waals surface area contributed by atoms with E-state index < -0.39 is 0 Å². The third-order valence-corrected chi connectivity index (χ3v) is 3.50. The zero-order valence-electron chi connectivity index (χ0n) is 11.1. The first-order valence-corrected chi connectivity index (χ1v) is 6.74. The smallest absolute Gasteiger partial charge is 0.108 e. The van der Waals surface area contributed by atoms with Crippen LogP contribution in [0.15, 0.2) is 30.5 Å². The molecule has 19 heavy (non-hydrogen) atoms. The SMILES string of the molecule is Cc1ccccc1-c1cnc(CC2COCCN2)[nH]1. The molecule has 0 saturated carbocycles. The van der Waals surface area contributed by atoms with E-state index in [1.807, 2.05) is 6.20 Å². The Bertz CT molecular complexity index is 544. The van der Waals surface area contributed by atoms with E-state index in [0.717, 1.165) is 37.7 Å². The molecular weight excluding hydrogens is 238 g/mol. The van der Waals surface area contributed by atoms with Crippen molar-refractivity contribution >= 4 is 0 Å². The summed E-state index contributed by atoms with van der Waals surface area (Å²) < 4.78 is 5.46. The number of hydrogen-bond acceptors (Lipinski definition) is 3. The molecule has 1 aliphatic heterocycles. The number of imidazole rings is 1. The Hall–Kier alpha value is -1.65. The molecule has 4 heteroatoms. The van der Waals surface area contributed by atoms with Gasteiger partial charge >= 0.3 is 0 Å². The first kappa shape index (κ1) is 12.4. The van der Waals surface area contributed by atoms with Gasteiger partial charge in [-0.1, -0.05) is 24.3 Å². The summed E-state index contributed by atoms with van der Waals surface area (Å²) in [5.41, 5.74) is 3.57. The van der Waals surface area contributed by atoms with Crippen LogP contribution in [0, 0.1) is 6.92 Å². The highest BCUT2D eigenvalue weighted by atomic mass is 16.5. The maximum atomic E-state index is 5.46. The van der Waals surface area contributed by atoms with Crippen molar-refractivity contribution in [3.8, 4) is 11.3 Å². The standard InChI is InChI=1S/C15H19N3O/c1-11-4-2-3-5-13(11)14-9-17-15(18-14)8-12-10-19-7-6-16-12/h2-5,9,12,16H,6-8,10H2,1H3,(H,17,18). The van der Waals surface area contributed by atoms with Crippen LogP contribution in [-0.4, -0.2) is 35.8 Å². The van der Waals surface area contributed by atoms with E-state index >= 15 is 0 Å². The van der Waals surface area contributed by atoms with Crippen molar-refractivity contribution in [2.24, 2.45) is 0 Å². The molecule has 1 unspecified atom stereocenters. The van der Waals surface area contributed by atoms with Gasteiger partial charge in [0.05, 0.1) is 25.1 Å². The zero-order valence-corrected chi connectivity index (χ0v) is 11.1. The van der Waals surface area contributed by atoms with Gasteiger partial charge in [0.25, 0.3) is 0 Å². The Morgan fingerprint density at radius 1 is 1.37 bits per heavy atom. The molecule has 0 aliphatic carbocycles. The topological polar surface area (TPSA) is 49.9 Å². The van der Waals surface area contributed by atoms with Crippen molar-refractivity contribution in [1.29, 1.82) is 0 Å². The Kier molecular flexibility index (Phi) is 3.62. The van der Waals surface area contributed by atoms with Crippen LogP contribution < -0.4 is 5.32 Å². The van der Waals surface area contributed by atoms with Crippen molar-refractivity contribution in [3.05, 3.63) is 41.9 Å². The van der Waals surface area contributed by atoms with Gasteiger partial charge in [-0.05, 0) is 12.5 Å². The lowest BCUT2D eigenvalue weighted by Crippen LogP contribution is -2.42. The molecule has 0 spiro atoms. The van der Waals surface area contributed by atoms with Gasteiger partial charge in [0, 0.05) is 24.6 Å². The summed E-state index contributed by atoms with van der Waals surface area (Å²) in [6, 6.07) is 8.71. The van der Waals surface area contributed by atoms with Crippen molar-refractivity contribution in [3.63, 3.8) is 0 Å². The number of ether oxygens (including phenoxy) is 1. The van der Waals surface area contributed by atoms with Crippen molar-refractivity contribution in [2.75, 3.05) is 19.8 Å². The van der Waals surface area contributed by atoms with Gasteiger partial charge in [0.15, 0.2) is 0 Å². The van der Waals surface area contributed by atoms with Gasteiger partial charge in [-0.15, -0.1) is 0 Å². The summed E-state index contributed by atoms with van der Waals surface area (Å²) >= 11 is 0. The molecular formula is C15H19N3O. The molecule has 1 saturated heterocycles. The first-order chi connectivity index (χ1) is 9.33. The minimum absolute atomic E-state index is 0.365. The predicted molar refractivity (Wildman–Crippen MR) is 75.1 cm³/mol. The number of morpholine rings is 1. The van der Waals surface area contributed by atoms with Crippen LogP contribution >= 0.6 is 0 Å². The Morgan fingerprint density at radius 3 is 3.05 bits per heavy atom. The largest absolute Gasteiger partial charge is 0.379 e. The molecule has 100 valence electrons. The minimum Gasteiger partial charge on any atom is -0.379 e. The fourth-order valence-corrected chi connectivity index (χ4v) is 2.46. The van der Waals surface area contributed by atoms with Gasteiger partial charge in [0.2, 0.25) is 0 Å². The van der Waals surface area contributed by atoms with E-state index in [1.165, 1.54) is 11.1 Å². The normalized spacial score (nSPS) is 19.5. The average Bonchev–Trinajstić information content (AvgIpc) is 2.89. The lowest BCUT2D eigenvalue weighted by Gasteiger charge is -2.22. The number of rotatable bonds is 3. The maximum Gasteiger partial charge on any atom is 0.108 e. The molecule has 2 N–H and O–H groups in total. The van der Waals surface area contributed by atoms with Crippen molar-refractivity contribution in [2.45, 2.75) is 19.4 Å². The Morgan fingerprint density at radius 2 is 2.26 bits per heavy atom. The molecule has 3 rings (SSSR count). The second-order valence-corrected chi connectivity index (χ2v) is 4.99. The van der Waals surface area contributed by atoms with Crippen LogP contribution in [0.1, 0.15) is 11.4 Å². The number of aromatic amines is 1. The number of aryl methyl sites for hydroxylation is 1. The third kappa shape index (κ3) is 2.85. The van der Waals surface area contributed by atoms with Crippen molar-refractivity contribution in [1.82, 2.24) is 15.3 Å². The van der Waals surface area contributed by atoms with Crippen LogP contribution in [0.4, 0.5) is 0 Å². The number of nitrogens with zero attached hydrogens (tertiary/aromatic N) is 1. The molecule has 1 aromatic carbocycles. The van der Waals surface area contributed by atoms with Gasteiger partial charge in [-0.3, -0.25) is 0 Å². The lowest BCUT2D eigenvalue weighted by atomic mass is 10.1. The van der Waals surface area contributed by atoms with Crippen LogP contribution in [0.5, 0.6) is 0 Å². The van der Waals surface area contributed by atoms with Crippen LogP contribution in [0.2, 0.25) is 0 Å². The first-order valence-electron chi connectivity index (χ1n) is 6.74. The van der Waals surface area contributed by atoms with Crippen LogP contribution in [0.25, 0.3) is 11.3 Å². The molecule has 1 aromatic heterocycles.